The molecule has 2 amide bonds. The quantitative estimate of drug-likeness (QED) is 0.420. The maximum absolute atomic E-state index is 11.2. The van der Waals surface area contributed by atoms with Crippen LogP contribution in [0.5, 0.6) is 0 Å². The molecule has 1 aliphatic rings. The molecule has 1 aliphatic heterocycles. The van der Waals surface area contributed by atoms with Crippen LogP contribution in [0.3, 0.4) is 0 Å². The van der Waals surface area contributed by atoms with Crippen molar-refractivity contribution in [2.75, 3.05) is 4.90 Å². The molecule has 0 fully saturated rings. The van der Waals surface area contributed by atoms with Gasteiger partial charge in [0.1, 0.15) is 0 Å². The topological polar surface area (TPSA) is 37.4 Å². The van der Waals surface area contributed by atoms with Crippen molar-refractivity contribution in [1.82, 2.24) is 0 Å². The molecule has 0 N–H and O–H groups in total. The summed E-state index contributed by atoms with van der Waals surface area (Å²) in [5.74, 6) is -0.563. The minimum absolute atomic E-state index is 0.281. The first-order chi connectivity index (χ1) is 13.2. The predicted molar refractivity (Wildman–Crippen MR) is 112 cm³/mol. The van der Waals surface area contributed by atoms with Gasteiger partial charge in [-0.3, -0.25) is 9.59 Å². The summed E-state index contributed by atoms with van der Waals surface area (Å²) in [7, 11) is 0. The first kappa shape index (κ1) is 19.3. The summed E-state index contributed by atoms with van der Waals surface area (Å²) in [4.78, 5) is 23.5. The van der Waals surface area contributed by atoms with E-state index in [-0.39, 0.29) is 11.8 Å². The summed E-state index contributed by atoms with van der Waals surface area (Å²) in [6.07, 6.45) is 2.55. The predicted octanol–water partition coefficient (Wildman–Crippen LogP) is 2.08. The van der Waals surface area contributed by atoms with Gasteiger partial charge < -0.3 is 0 Å². The first-order valence-electron chi connectivity index (χ1n) is 8.30. The summed E-state index contributed by atoms with van der Waals surface area (Å²) in [6, 6.07) is 30.4. The number of nitrogens with zero attached hydrogens (tertiary/aromatic N) is 1. The van der Waals surface area contributed by atoms with Crippen molar-refractivity contribution < 1.29 is 9.59 Å². The molecule has 1 heterocycles. The third-order valence-corrected chi connectivity index (χ3v) is 10.8. The fourth-order valence-corrected chi connectivity index (χ4v) is 8.33. The van der Waals surface area contributed by atoms with Gasteiger partial charge in [0.15, 0.2) is 0 Å². The fourth-order valence-electron chi connectivity index (χ4n) is 2.28. The Kier molecular flexibility index (Phi) is 7.20. The Labute approximate surface area is 170 Å². The molecule has 5 heteroatoms. The standard InChI is InChI=1S/C12H10Se2.C10H7NO2/c1-3-7-11(8-4-1)13-14-12-9-5-2-6-10-12;12-9-6-7-10(13)11(9)8-4-2-1-3-5-8/h1-10H;1-7H. The van der Waals surface area contributed by atoms with Crippen LogP contribution in [0.4, 0.5) is 5.69 Å². The van der Waals surface area contributed by atoms with E-state index in [2.05, 4.69) is 60.7 Å². The summed E-state index contributed by atoms with van der Waals surface area (Å²) >= 11 is 1.27. The van der Waals surface area contributed by atoms with E-state index in [0.29, 0.717) is 32.0 Å². The maximum atomic E-state index is 11.2. The normalized spacial score (nSPS) is 12.7. The van der Waals surface area contributed by atoms with Gasteiger partial charge in [0.25, 0.3) is 11.8 Å². The Morgan fingerprint density at radius 3 is 1.30 bits per heavy atom. The van der Waals surface area contributed by atoms with E-state index in [1.54, 1.807) is 24.3 Å². The molecule has 0 radical (unpaired) electrons. The van der Waals surface area contributed by atoms with Crippen LogP contribution in [0.2, 0.25) is 0 Å². The molecule has 0 unspecified atom stereocenters. The molecule has 0 bridgehead atoms. The summed E-state index contributed by atoms with van der Waals surface area (Å²) < 4.78 is 3.01. The third kappa shape index (κ3) is 5.78. The van der Waals surface area contributed by atoms with Crippen LogP contribution in [-0.4, -0.2) is 38.1 Å². The van der Waals surface area contributed by atoms with Crippen molar-refractivity contribution in [2.45, 2.75) is 0 Å². The van der Waals surface area contributed by atoms with E-state index in [0.717, 1.165) is 4.90 Å². The Morgan fingerprint density at radius 1 is 0.519 bits per heavy atom. The number of carbonyl (C=O) groups is 2. The number of amides is 2. The van der Waals surface area contributed by atoms with Gasteiger partial charge in [0.2, 0.25) is 0 Å². The molecular formula is C22H17NO2Se2. The van der Waals surface area contributed by atoms with E-state index in [9.17, 15) is 9.59 Å². The molecular weight excluding hydrogens is 468 g/mol. The SMILES string of the molecule is O=C1C=CC(=O)N1c1ccccc1.c1ccc([Se][Se]c2ccccc2)cc1. The van der Waals surface area contributed by atoms with E-state index in [1.807, 2.05) is 6.07 Å². The van der Waals surface area contributed by atoms with Gasteiger partial charge in [-0.25, -0.2) is 4.90 Å². The average Bonchev–Trinajstić information content (AvgIpc) is 3.07. The number of anilines is 1. The van der Waals surface area contributed by atoms with Gasteiger partial charge >= 0.3 is 95.9 Å². The second kappa shape index (κ2) is 10.1. The van der Waals surface area contributed by atoms with Gasteiger partial charge in [0.05, 0.1) is 5.69 Å². The summed E-state index contributed by atoms with van der Waals surface area (Å²) in [5.41, 5.74) is 0.613. The molecule has 0 saturated carbocycles. The van der Waals surface area contributed by atoms with Crippen LogP contribution in [0.25, 0.3) is 0 Å². The fraction of sp³-hybridized carbons (Fsp3) is 0. The number of benzene rings is 3. The second-order valence-electron chi connectivity index (χ2n) is 5.47. The minimum atomic E-state index is -0.281. The van der Waals surface area contributed by atoms with Gasteiger partial charge in [-0.15, -0.1) is 0 Å². The Balaban J connectivity index is 0.000000156. The van der Waals surface area contributed by atoms with Crippen LogP contribution in [0.15, 0.2) is 103 Å². The number of para-hydroxylation sites is 1. The Hall–Kier alpha value is -2.42. The zero-order chi connectivity index (χ0) is 18.9. The van der Waals surface area contributed by atoms with E-state index in [4.69, 9.17) is 0 Å². The summed E-state index contributed by atoms with van der Waals surface area (Å²) in [5, 5.41) is 0. The molecule has 3 aromatic rings. The zero-order valence-corrected chi connectivity index (χ0v) is 17.8. The van der Waals surface area contributed by atoms with Crippen LogP contribution >= 0.6 is 0 Å². The molecule has 3 nitrogen and oxygen atoms in total. The monoisotopic (exact) mass is 487 g/mol. The molecule has 27 heavy (non-hydrogen) atoms. The van der Waals surface area contributed by atoms with Gasteiger partial charge in [-0.05, 0) is 12.1 Å². The number of hydrogen-bond acceptors (Lipinski definition) is 2. The van der Waals surface area contributed by atoms with Gasteiger partial charge in [-0.2, -0.15) is 0 Å². The molecule has 0 spiro atoms. The van der Waals surface area contributed by atoms with Crippen molar-refractivity contribution in [3.63, 3.8) is 0 Å². The zero-order valence-electron chi connectivity index (χ0n) is 14.4. The van der Waals surface area contributed by atoms with E-state index in [1.165, 1.54) is 21.1 Å². The van der Waals surface area contributed by atoms with Crippen LogP contribution in [0, 0.1) is 0 Å². The summed E-state index contributed by atoms with van der Waals surface area (Å²) in [6.45, 7) is 0. The van der Waals surface area contributed by atoms with Crippen molar-refractivity contribution in [3.05, 3.63) is 103 Å². The molecule has 0 atom stereocenters. The number of carbonyl (C=O) groups excluding carboxylic acids is 2. The van der Waals surface area contributed by atoms with E-state index < -0.39 is 0 Å². The molecule has 3 aromatic carbocycles. The van der Waals surface area contributed by atoms with Gasteiger partial charge in [-0.1, -0.05) is 18.2 Å². The first-order valence-corrected chi connectivity index (χ1v) is 14.3. The molecule has 4 rings (SSSR count). The number of imide groups is 1. The number of rotatable bonds is 4. The van der Waals surface area contributed by atoms with Crippen LogP contribution in [-0.2, 0) is 9.59 Å². The molecule has 0 aliphatic carbocycles. The average molecular weight is 485 g/mol. The van der Waals surface area contributed by atoms with Crippen molar-refractivity contribution in [2.24, 2.45) is 0 Å². The molecule has 134 valence electrons. The Morgan fingerprint density at radius 2 is 0.889 bits per heavy atom. The van der Waals surface area contributed by atoms with Gasteiger partial charge in [0, 0.05) is 12.2 Å². The van der Waals surface area contributed by atoms with Crippen molar-refractivity contribution >= 4 is 52.7 Å². The van der Waals surface area contributed by atoms with E-state index >= 15 is 0 Å². The van der Waals surface area contributed by atoms with Crippen molar-refractivity contribution in [1.29, 1.82) is 0 Å². The Bertz CT molecular complexity index is 855. The van der Waals surface area contributed by atoms with Crippen LogP contribution in [0.1, 0.15) is 0 Å². The third-order valence-electron chi connectivity index (χ3n) is 3.54. The molecule has 0 saturated heterocycles. The van der Waals surface area contributed by atoms with Crippen molar-refractivity contribution in [3.8, 4) is 0 Å². The second-order valence-corrected chi connectivity index (χ2v) is 11.8. The molecule has 0 aromatic heterocycles. The van der Waals surface area contributed by atoms with Crippen LogP contribution < -0.4 is 13.8 Å². The number of hydrogen-bond donors (Lipinski definition) is 0.